The number of aliphatic hydroxyl groups is 1. The van der Waals surface area contributed by atoms with E-state index in [0.717, 1.165) is 5.56 Å². The lowest BCUT2D eigenvalue weighted by Crippen LogP contribution is -2.43. The van der Waals surface area contributed by atoms with E-state index in [9.17, 15) is 14.4 Å². The normalized spacial score (nSPS) is 12.2. The Bertz CT molecular complexity index is 732. The smallest absolute Gasteiger partial charge is 0.417 e. The third kappa shape index (κ3) is 3.95. The van der Waals surface area contributed by atoms with Crippen LogP contribution in [0.15, 0.2) is 27.4 Å². The molecule has 22 heavy (non-hydrogen) atoms. The standard InChI is InChI=1S/C14H16N2O6/c17-7-10(13(19)20)15-12(18)3-1-2-8-4-5-9-11(6-8)22-14(21)16-9/h4-6,10,17H,1-3,7H2,(H,15,18)(H,16,21)(H,19,20). The molecule has 4 N–H and O–H groups in total. The van der Waals surface area contributed by atoms with Crippen LogP contribution in [0.3, 0.4) is 0 Å². The van der Waals surface area contributed by atoms with Crippen molar-refractivity contribution in [1.29, 1.82) is 0 Å². The van der Waals surface area contributed by atoms with Gasteiger partial charge in [0.25, 0.3) is 0 Å². The summed E-state index contributed by atoms with van der Waals surface area (Å²) >= 11 is 0. The van der Waals surface area contributed by atoms with Gasteiger partial charge in [-0.05, 0) is 30.5 Å². The number of nitrogens with one attached hydrogen (secondary N) is 2. The molecule has 118 valence electrons. The number of carboxylic acid groups (broad SMARTS) is 1. The number of H-pyrrole nitrogens is 1. The van der Waals surface area contributed by atoms with E-state index in [1.165, 1.54) is 0 Å². The number of carbonyl (C=O) groups excluding carboxylic acids is 1. The lowest BCUT2D eigenvalue weighted by atomic mass is 10.1. The third-order valence-corrected chi connectivity index (χ3v) is 3.17. The van der Waals surface area contributed by atoms with E-state index in [1.807, 2.05) is 6.07 Å². The molecule has 1 unspecified atom stereocenters. The average Bonchev–Trinajstić information content (AvgIpc) is 2.83. The molecule has 0 spiro atoms. The van der Waals surface area contributed by atoms with Crippen LogP contribution in [0.5, 0.6) is 0 Å². The summed E-state index contributed by atoms with van der Waals surface area (Å²) in [5.74, 6) is -2.23. The predicted molar refractivity (Wildman–Crippen MR) is 76.4 cm³/mol. The van der Waals surface area contributed by atoms with Crippen LogP contribution in [-0.2, 0) is 16.0 Å². The number of fused-ring (bicyclic) bond motifs is 1. The first-order valence-corrected chi connectivity index (χ1v) is 6.74. The van der Waals surface area contributed by atoms with Crippen molar-refractivity contribution >= 4 is 23.0 Å². The molecule has 8 nitrogen and oxygen atoms in total. The summed E-state index contributed by atoms with van der Waals surface area (Å²) in [5.41, 5.74) is 1.97. The van der Waals surface area contributed by atoms with Gasteiger partial charge < -0.3 is 19.9 Å². The summed E-state index contributed by atoms with van der Waals surface area (Å²) in [6.07, 6.45) is 1.22. The molecule has 2 rings (SSSR count). The monoisotopic (exact) mass is 308 g/mol. The van der Waals surface area contributed by atoms with Crippen molar-refractivity contribution in [3.8, 4) is 0 Å². The average molecular weight is 308 g/mol. The first-order valence-electron chi connectivity index (χ1n) is 6.74. The van der Waals surface area contributed by atoms with Crippen LogP contribution in [0, 0.1) is 0 Å². The lowest BCUT2D eigenvalue weighted by Gasteiger charge is -2.11. The van der Waals surface area contributed by atoms with Crippen molar-refractivity contribution in [2.24, 2.45) is 0 Å². The Morgan fingerprint density at radius 3 is 2.82 bits per heavy atom. The van der Waals surface area contributed by atoms with E-state index in [-0.39, 0.29) is 6.42 Å². The highest BCUT2D eigenvalue weighted by Gasteiger charge is 2.18. The van der Waals surface area contributed by atoms with Gasteiger partial charge in [0.1, 0.15) is 6.04 Å². The van der Waals surface area contributed by atoms with E-state index in [2.05, 4.69) is 10.3 Å². The number of aryl methyl sites for hydroxylation is 1. The predicted octanol–water partition coefficient (Wildman–Crippen LogP) is 0.00550. The number of amides is 1. The topological polar surface area (TPSA) is 133 Å². The molecule has 0 aliphatic carbocycles. The molecule has 1 atom stereocenters. The lowest BCUT2D eigenvalue weighted by molar-refractivity contribution is -0.142. The Kier molecular flexibility index (Phi) is 4.95. The molecule has 1 amide bonds. The summed E-state index contributed by atoms with van der Waals surface area (Å²) in [4.78, 5) is 35.8. The number of rotatable bonds is 7. The van der Waals surface area contributed by atoms with Crippen LogP contribution >= 0.6 is 0 Å². The van der Waals surface area contributed by atoms with Crippen LogP contribution in [0.4, 0.5) is 0 Å². The van der Waals surface area contributed by atoms with Gasteiger partial charge in [-0.1, -0.05) is 6.07 Å². The second-order valence-electron chi connectivity index (χ2n) is 4.84. The van der Waals surface area contributed by atoms with Gasteiger partial charge in [-0.3, -0.25) is 9.78 Å². The summed E-state index contributed by atoms with van der Waals surface area (Å²) < 4.78 is 4.95. The molecule has 1 aromatic carbocycles. The summed E-state index contributed by atoms with van der Waals surface area (Å²) in [5, 5.41) is 19.8. The molecular formula is C14H16N2O6. The van der Waals surface area contributed by atoms with Gasteiger partial charge in [0.05, 0.1) is 12.1 Å². The van der Waals surface area contributed by atoms with E-state index < -0.39 is 30.3 Å². The van der Waals surface area contributed by atoms with Crippen molar-refractivity contribution in [1.82, 2.24) is 10.3 Å². The van der Waals surface area contributed by atoms with Crippen molar-refractivity contribution in [2.75, 3.05) is 6.61 Å². The minimum absolute atomic E-state index is 0.138. The fraction of sp³-hybridized carbons (Fsp3) is 0.357. The van der Waals surface area contributed by atoms with Gasteiger partial charge in [-0.2, -0.15) is 0 Å². The molecule has 8 heteroatoms. The summed E-state index contributed by atoms with van der Waals surface area (Å²) in [7, 11) is 0. The Labute approximate surface area is 124 Å². The van der Waals surface area contributed by atoms with Crippen molar-refractivity contribution in [3.05, 3.63) is 34.3 Å². The van der Waals surface area contributed by atoms with E-state index in [4.69, 9.17) is 14.6 Å². The number of hydrogen-bond donors (Lipinski definition) is 4. The SMILES string of the molecule is O=C(CCCc1ccc2[nH]c(=O)oc2c1)NC(CO)C(=O)O. The molecule has 0 fully saturated rings. The quantitative estimate of drug-likeness (QED) is 0.569. The third-order valence-electron chi connectivity index (χ3n) is 3.17. The number of aromatic nitrogens is 1. The van der Waals surface area contributed by atoms with Gasteiger partial charge in [0.2, 0.25) is 5.91 Å². The van der Waals surface area contributed by atoms with Crippen molar-refractivity contribution < 1.29 is 24.2 Å². The highest BCUT2D eigenvalue weighted by Crippen LogP contribution is 2.14. The summed E-state index contributed by atoms with van der Waals surface area (Å²) in [6.45, 7) is -0.649. The number of benzene rings is 1. The minimum Gasteiger partial charge on any atom is -0.480 e. The minimum atomic E-state index is -1.28. The van der Waals surface area contributed by atoms with Crippen LogP contribution < -0.4 is 11.1 Å². The maximum Gasteiger partial charge on any atom is 0.417 e. The highest BCUT2D eigenvalue weighted by atomic mass is 16.4. The summed E-state index contributed by atoms with van der Waals surface area (Å²) in [6, 6.07) is 3.98. The Balaban J connectivity index is 1.85. The molecule has 0 aliphatic rings. The number of carboxylic acids is 1. The molecule has 2 aromatic rings. The van der Waals surface area contributed by atoms with E-state index in [1.54, 1.807) is 12.1 Å². The largest absolute Gasteiger partial charge is 0.480 e. The molecular weight excluding hydrogens is 292 g/mol. The molecule has 0 aliphatic heterocycles. The maximum atomic E-state index is 11.6. The van der Waals surface area contributed by atoms with E-state index in [0.29, 0.717) is 23.9 Å². The van der Waals surface area contributed by atoms with Crippen LogP contribution in [-0.4, -0.2) is 39.7 Å². The second-order valence-corrected chi connectivity index (χ2v) is 4.84. The molecule has 0 radical (unpaired) electrons. The van der Waals surface area contributed by atoms with Gasteiger partial charge in [-0.25, -0.2) is 9.59 Å². The Morgan fingerprint density at radius 1 is 1.36 bits per heavy atom. The first kappa shape index (κ1) is 15.8. The highest BCUT2D eigenvalue weighted by molar-refractivity contribution is 5.83. The molecule has 0 bridgehead atoms. The molecule has 0 saturated heterocycles. The Hall–Kier alpha value is -2.61. The number of carbonyl (C=O) groups is 2. The number of hydrogen-bond acceptors (Lipinski definition) is 5. The molecule has 0 saturated carbocycles. The zero-order chi connectivity index (χ0) is 16.1. The fourth-order valence-corrected chi connectivity index (χ4v) is 2.05. The van der Waals surface area contributed by atoms with Gasteiger partial charge >= 0.3 is 11.7 Å². The number of oxazole rings is 1. The maximum absolute atomic E-state index is 11.6. The van der Waals surface area contributed by atoms with Crippen molar-refractivity contribution in [3.63, 3.8) is 0 Å². The first-order chi connectivity index (χ1) is 10.5. The van der Waals surface area contributed by atoms with Crippen LogP contribution in [0.2, 0.25) is 0 Å². The van der Waals surface area contributed by atoms with Crippen molar-refractivity contribution in [2.45, 2.75) is 25.3 Å². The van der Waals surface area contributed by atoms with Gasteiger partial charge in [0.15, 0.2) is 5.58 Å². The fourth-order valence-electron chi connectivity index (χ4n) is 2.05. The second kappa shape index (κ2) is 6.90. The van der Waals surface area contributed by atoms with Gasteiger partial charge in [0, 0.05) is 6.42 Å². The van der Waals surface area contributed by atoms with Crippen LogP contribution in [0.25, 0.3) is 11.1 Å². The number of aliphatic hydroxyl groups excluding tert-OH is 1. The zero-order valence-corrected chi connectivity index (χ0v) is 11.7. The van der Waals surface area contributed by atoms with Gasteiger partial charge in [-0.15, -0.1) is 0 Å². The molecule has 1 heterocycles. The zero-order valence-electron chi connectivity index (χ0n) is 11.7. The Morgan fingerprint density at radius 2 is 2.14 bits per heavy atom. The van der Waals surface area contributed by atoms with Crippen LogP contribution in [0.1, 0.15) is 18.4 Å². The molecule has 1 aromatic heterocycles. The van der Waals surface area contributed by atoms with E-state index >= 15 is 0 Å². The number of aromatic amines is 1. The number of aliphatic carboxylic acids is 1.